The fourth-order valence-corrected chi connectivity index (χ4v) is 4.36. The molecule has 200 valence electrons. The largest absolute Gasteiger partial charge is 0.491 e. The van der Waals surface area contributed by atoms with E-state index in [4.69, 9.17) is 9.47 Å². The van der Waals surface area contributed by atoms with E-state index in [0.29, 0.717) is 35.7 Å². The van der Waals surface area contributed by atoms with Crippen LogP contribution in [0, 0.1) is 5.92 Å². The van der Waals surface area contributed by atoms with Gasteiger partial charge >= 0.3 is 0 Å². The number of ether oxygens (including phenoxy) is 2. The standard InChI is InChI=1S/C28H38N4O5/c1-19-15-32(26(33)17-30(3)4)20(2)18-37-24-13-12-22(29-27(34)21-10-8-7-9-11-21)14-23(24)28(35)31(5)16-25(19)36-6/h7-14,19-20,25H,15-18H2,1-6H3,(H,29,34)/t19-,20+,25+/m1/s1. The van der Waals surface area contributed by atoms with E-state index >= 15 is 0 Å². The SMILES string of the molecule is CO[C@H]1CN(C)C(=O)c2cc(NC(=O)c3ccccc3)ccc2OC[C@H](C)N(C(=O)CN(C)C)C[C@H]1C. The number of methoxy groups -OCH3 is 1. The molecule has 2 aromatic carbocycles. The lowest BCUT2D eigenvalue weighted by Crippen LogP contribution is -2.50. The number of nitrogens with one attached hydrogen (secondary N) is 1. The quantitative estimate of drug-likeness (QED) is 0.665. The number of hydrogen-bond donors (Lipinski definition) is 1. The summed E-state index contributed by atoms with van der Waals surface area (Å²) in [6, 6.07) is 13.7. The van der Waals surface area contributed by atoms with Crippen LogP contribution < -0.4 is 10.1 Å². The number of carbonyl (C=O) groups is 3. The second-order valence-electron chi connectivity index (χ2n) is 9.91. The van der Waals surface area contributed by atoms with E-state index < -0.39 is 0 Å². The normalized spacial score (nSPS) is 20.9. The van der Waals surface area contributed by atoms with Crippen LogP contribution in [0.25, 0.3) is 0 Å². The summed E-state index contributed by atoms with van der Waals surface area (Å²) in [6.45, 7) is 5.27. The van der Waals surface area contributed by atoms with Gasteiger partial charge in [0.25, 0.3) is 11.8 Å². The van der Waals surface area contributed by atoms with Crippen molar-refractivity contribution in [2.45, 2.75) is 26.0 Å². The topological polar surface area (TPSA) is 91.4 Å². The van der Waals surface area contributed by atoms with E-state index in [1.54, 1.807) is 61.5 Å². The molecule has 9 nitrogen and oxygen atoms in total. The van der Waals surface area contributed by atoms with Crippen LogP contribution in [0.2, 0.25) is 0 Å². The molecule has 0 radical (unpaired) electrons. The Morgan fingerprint density at radius 2 is 1.81 bits per heavy atom. The molecule has 0 bridgehead atoms. The summed E-state index contributed by atoms with van der Waals surface area (Å²) in [4.78, 5) is 44.5. The zero-order chi connectivity index (χ0) is 27.1. The van der Waals surface area contributed by atoms with E-state index in [1.807, 2.05) is 43.8 Å². The lowest BCUT2D eigenvalue weighted by Gasteiger charge is -2.36. The van der Waals surface area contributed by atoms with Gasteiger partial charge < -0.3 is 29.5 Å². The highest BCUT2D eigenvalue weighted by Gasteiger charge is 2.30. The molecular formula is C28H38N4O5. The number of anilines is 1. The van der Waals surface area contributed by atoms with Gasteiger partial charge in [-0.2, -0.15) is 0 Å². The third-order valence-corrected chi connectivity index (χ3v) is 6.51. The molecule has 0 saturated carbocycles. The molecule has 0 fully saturated rings. The Hall–Kier alpha value is -3.43. The minimum Gasteiger partial charge on any atom is -0.491 e. The maximum atomic E-state index is 13.5. The van der Waals surface area contributed by atoms with Crippen LogP contribution in [0.4, 0.5) is 5.69 Å². The maximum absolute atomic E-state index is 13.5. The van der Waals surface area contributed by atoms with E-state index in [9.17, 15) is 14.4 Å². The number of hydrogen-bond acceptors (Lipinski definition) is 6. The monoisotopic (exact) mass is 510 g/mol. The predicted molar refractivity (Wildman–Crippen MR) is 143 cm³/mol. The van der Waals surface area contributed by atoms with Crippen molar-refractivity contribution < 1.29 is 23.9 Å². The van der Waals surface area contributed by atoms with Crippen LogP contribution in [0.1, 0.15) is 34.6 Å². The van der Waals surface area contributed by atoms with Crippen LogP contribution in [-0.4, -0.2) is 99.1 Å². The molecule has 3 amide bonds. The minimum absolute atomic E-state index is 0.00323. The lowest BCUT2D eigenvalue weighted by atomic mass is 10.0. The zero-order valence-electron chi connectivity index (χ0n) is 22.6. The summed E-state index contributed by atoms with van der Waals surface area (Å²) < 4.78 is 11.9. The van der Waals surface area contributed by atoms with E-state index in [2.05, 4.69) is 5.32 Å². The van der Waals surface area contributed by atoms with Gasteiger partial charge in [-0.25, -0.2) is 0 Å². The summed E-state index contributed by atoms with van der Waals surface area (Å²) in [7, 11) is 7.06. The summed E-state index contributed by atoms with van der Waals surface area (Å²) in [6.07, 6.45) is -0.277. The first kappa shape index (κ1) is 28.1. The smallest absolute Gasteiger partial charge is 0.257 e. The Bertz CT molecular complexity index is 1090. The number of likely N-dealkylation sites (N-methyl/N-ethyl adjacent to an activating group) is 2. The van der Waals surface area contributed by atoms with Gasteiger partial charge in [-0.15, -0.1) is 0 Å². The molecular weight excluding hydrogens is 472 g/mol. The molecule has 0 saturated heterocycles. The van der Waals surface area contributed by atoms with Gasteiger partial charge in [0.15, 0.2) is 0 Å². The number of nitrogens with zero attached hydrogens (tertiary/aromatic N) is 3. The molecule has 1 heterocycles. The fourth-order valence-electron chi connectivity index (χ4n) is 4.36. The Morgan fingerprint density at radius 1 is 1.11 bits per heavy atom. The molecule has 2 aromatic rings. The van der Waals surface area contributed by atoms with Crippen LogP contribution in [-0.2, 0) is 9.53 Å². The zero-order valence-corrected chi connectivity index (χ0v) is 22.6. The van der Waals surface area contributed by atoms with Gasteiger partial charge in [-0.1, -0.05) is 25.1 Å². The molecule has 0 aromatic heterocycles. The van der Waals surface area contributed by atoms with E-state index in [-0.39, 0.29) is 48.9 Å². The second-order valence-corrected chi connectivity index (χ2v) is 9.91. The first-order valence-electron chi connectivity index (χ1n) is 12.5. The van der Waals surface area contributed by atoms with Crippen molar-refractivity contribution in [3.8, 4) is 5.75 Å². The summed E-state index contributed by atoms with van der Waals surface area (Å²) in [5.74, 6) is -0.141. The first-order chi connectivity index (χ1) is 17.6. The van der Waals surface area contributed by atoms with Gasteiger partial charge in [0.2, 0.25) is 5.91 Å². The minimum atomic E-state index is -0.277. The summed E-state index contributed by atoms with van der Waals surface area (Å²) in [5, 5.41) is 2.86. The highest BCUT2D eigenvalue weighted by atomic mass is 16.5. The molecule has 9 heteroatoms. The van der Waals surface area contributed by atoms with Gasteiger partial charge in [0, 0.05) is 44.4 Å². The number of carbonyl (C=O) groups excluding carboxylic acids is 3. The van der Waals surface area contributed by atoms with E-state index in [1.165, 1.54) is 0 Å². The predicted octanol–water partition coefficient (Wildman–Crippen LogP) is 2.83. The summed E-state index contributed by atoms with van der Waals surface area (Å²) in [5.41, 5.74) is 1.33. The highest BCUT2D eigenvalue weighted by Crippen LogP contribution is 2.27. The fraction of sp³-hybridized carbons (Fsp3) is 0.464. The molecule has 1 aliphatic heterocycles. The highest BCUT2D eigenvalue weighted by molar-refractivity contribution is 6.05. The Balaban J connectivity index is 1.93. The Morgan fingerprint density at radius 3 is 2.46 bits per heavy atom. The van der Waals surface area contributed by atoms with Crippen molar-refractivity contribution in [2.24, 2.45) is 5.92 Å². The Kier molecular flexibility index (Phi) is 9.66. The van der Waals surface area contributed by atoms with Crippen LogP contribution in [0.3, 0.4) is 0 Å². The van der Waals surface area contributed by atoms with Crippen molar-refractivity contribution >= 4 is 23.4 Å². The van der Waals surface area contributed by atoms with Gasteiger partial charge in [0.1, 0.15) is 12.4 Å². The van der Waals surface area contributed by atoms with Crippen molar-refractivity contribution in [1.82, 2.24) is 14.7 Å². The number of benzene rings is 2. The molecule has 1 N–H and O–H groups in total. The lowest BCUT2D eigenvalue weighted by molar-refractivity contribution is -0.136. The molecule has 3 atom stereocenters. The average Bonchev–Trinajstić information content (AvgIpc) is 2.88. The maximum Gasteiger partial charge on any atom is 0.257 e. The Labute approximate surface area is 219 Å². The molecule has 0 spiro atoms. The van der Waals surface area contributed by atoms with Crippen molar-refractivity contribution in [3.05, 3.63) is 59.7 Å². The third kappa shape index (κ3) is 7.30. The third-order valence-electron chi connectivity index (χ3n) is 6.51. The van der Waals surface area contributed by atoms with Crippen molar-refractivity contribution in [3.63, 3.8) is 0 Å². The molecule has 1 aliphatic rings. The van der Waals surface area contributed by atoms with Gasteiger partial charge in [-0.05, 0) is 51.4 Å². The van der Waals surface area contributed by atoms with Crippen molar-refractivity contribution in [2.75, 3.05) is 59.8 Å². The van der Waals surface area contributed by atoms with E-state index in [0.717, 1.165) is 0 Å². The number of amides is 3. The van der Waals surface area contributed by atoms with Crippen LogP contribution in [0.15, 0.2) is 48.5 Å². The average molecular weight is 511 g/mol. The molecule has 3 rings (SSSR count). The summed E-state index contributed by atoms with van der Waals surface area (Å²) >= 11 is 0. The van der Waals surface area contributed by atoms with Crippen LogP contribution in [0.5, 0.6) is 5.75 Å². The van der Waals surface area contributed by atoms with Crippen LogP contribution >= 0.6 is 0 Å². The van der Waals surface area contributed by atoms with Gasteiger partial charge in [0.05, 0.1) is 24.3 Å². The molecule has 37 heavy (non-hydrogen) atoms. The second kappa shape index (κ2) is 12.7. The molecule has 0 aliphatic carbocycles. The molecule has 0 unspecified atom stereocenters. The first-order valence-corrected chi connectivity index (χ1v) is 12.5. The number of fused-ring (bicyclic) bond motifs is 1. The number of rotatable bonds is 5. The van der Waals surface area contributed by atoms with Gasteiger partial charge in [-0.3, -0.25) is 14.4 Å². The van der Waals surface area contributed by atoms with Crippen molar-refractivity contribution in [1.29, 1.82) is 0 Å².